The topological polar surface area (TPSA) is 162 Å². The summed E-state index contributed by atoms with van der Waals surface area (Å²) in [7, 11) is 0. The molecular formula is C24H36N4O6. The molecule has 0 aromatic heterocycles. The minimum absolute atomic E-state index is 0.0999. The number of hydrogen-bond acceptors (Lipinski definition) is 6. The molecule has 3 amide bonds. The van der Waals surface area contributed by atoms with Crippen molar-refractivity contribution in [2.75, 3.05) is 6.54 Å². The third kappa shape index (κ3) is 7.53. The Kier molecular flexibility index (Phi) is 10.0. The average Bonchev–Trinajstić information content (AvgIpc) is 3.26. The quantitative estimate of drug-likeness (QED) is 0.301. The molecule has 10 nitrogen and oxygen atoms in total. The van der Waals surface area contributed by atoms with E-state index in [9.17, 15) is 29.4 Å². The lowest BCUT2D eigenvalue weighted by atomic mass is 10.0. The predicted octanol–water partition coefficient (Wildman–Crippen LogP) is 0.0285. The van der Waals surface area contributed by atoms with E-state index in [1.54, 1.807) is 24.3 Å². The Labute approximate surface area is 199 Å². The van der Waals surface area contributed by atoms with Crippen LogP contribution in [0.25, 0.3) is 0 Å². The zero-order chi connectivity index (χ0) is 25.4. The van der Waals surface area contributed by atoms with E-state index in [0.717, 1.165) is 5.56 Å². The highest BCUT2D eigenvalue weighted by molar-refractivity contribution is 5.94. The molecule has 0 spiro atoms. The van der Waals surface area contributed by atoms with Crippen molar-refractivity contribution in [3.05, 3.63) is 35.9 Å². The first-order chi connectivity index (χ1) is 16.0. The second-order valence-electron chi connectivity index (χ2n) is 9.24. The van der Waals surface area contributed by atoms with Crippen molar-refractivity contribution in [3.8, 4) is 0 Å². The van der Waals surface area contributed by atoms with Crippen LogP contribution in [0.3, 0.4) is 0 Å². The molecule has 1 aromatic carbocycles. The second-order valence-corrected chi connectivity index (χ2v) is 9.24. The van der Waals surface area contributed by atoms with E-state index in [4.69, 9.17) is 5.73 Å². The van der Waals surface area contributed by atoms with Crippen molar-refractivity contribution >= 4 is 23.7 Å². The number of carbonyl (C=O) groups is 4. The first kappa shape index (κ1) is 27.3. The maximum Gasteiger partial charge on any atom is 0.326 e. The van der Waals surface area contributed by atoms with Gasteiger partial charge in [-0.3, -0.25) is 14.4 Å². The molecule has 188 valence electrons. The summed E-state index contributed by atoms with van der Waals surface area (Å²) in [5.41, 5.74) is 6.66. The van der Waals surface area contributed by atoms with Crippen molar-refractivity contribution in [2.24, 2.45) is 11.7 Å². The Balaban J connectivity index is 2.09. The van der Waals surface area contributed by atoms with E-state index in [1.807, 2.05) is 19.9 Å². The number of carboxylic acid groups (broad SMARTS) is 1. The number of aliphatic hydroxyl groups excluding tert-OH is 1. The summed E-state index contributed by atoms with van der Waals surface area (Å²) >= 11 is 0. The molecule has 0 aliphatic carbocycles. The van der Waals surface area contributed by atoms with Crippen LogP contribution >= 0.6 is 0 Å². The molecule has 2 rings (SSSR count). The zero-order valence-electron chi connectivity index (χ0n) is 19.9. The van der Waals surface area contributed by atoms with Crippen LogP contribution in [-0.2, 0) is 25.6 Å². The average molecular weight is 477 g/mol. The minimum atomic E-state index is -1.27. The molecule has 1 aliphatic heterocycles. The van der Waals surface area contributed by atoms with Crippen molar-refractivity contribution in [1.82, 2.24) is 15.5 Å². The molecule has 1 heterocycles. The van der Waals surface area contributed by atoms with E-state index >= 15 is 0 Å². The molecule has 1 aromatic rings. The standard InChI is InChI=1S/C24H36N4O6/c1-14(2)12-17(25)21(30)27-20(15(3)29)23(32)28-11-7-10-19(28)22(31)26-18(24(33)34)13-16-8-5-4-6-9-16/h4-6,8-9,14-15,17-20,29H,7,10-13,25H2,1-3H3,(H,26,31)(H,27,30)(H,33,34). The fourth-order valence-electron chi connectivity index (χ4n) is 4.06. The first-order valence-corrected chi connectivity index (χ1v) is 11.6. The number of likely N-dealkylation sites (tertiary alicyclic amines) is 1. The number of rotatable bonds is 11. The molecule has 0 radical (unpaired) electrons. The number of amides is 3. The van der Waals surface area contributed by atoms with Crippen LogP contribution in [0.1, 0.15) is 45.6 Å². The monoisotopic (exact) mass is 476 g/mol. The number of nitrogens with two attached hydrogens (primary N) is 1. The van der Waals surface area contributed by atoms with E-state index in [2.05, 4.69) is 10.6 Å². The van der Waals surface area contributed by atoms with E-state index in [0.29, 0.717) is 19.3 Å². The Hall–Kier alpha value is -2.98. The van der Waals surface area contributed by atoms with Gasteiger partial charge in [-0.25, -0.2) is 4.79 Å². The summed E-state index contributed by atoms with van der Waals surface area (Å²) in [5, 5.41) is 24.8. The summed E-state index contributed by atoms with van der Waals surface area (Å²) < 4.78 is 0. The van der Waals surface area contributed by atoms with Crippen LogP contribution in [0.15, 0.2) is 30.3 Å². The number of carboxylic acids is 1. The SMILES string of the molecule is CC(C)CC(N)C(=O)NC(C(=O)N1CCCC1C(=O)NC(Cc1ccccc1)C(=O)O)C(C)O. The van der Waals surface area contributed by atoms with E-state index in [-0.39, 0.29) is 18.9 Å². The van der Waals surface area contributed by atoms with Crippen molar-refractivity contribution in [1.29, 1.82) is 0 Å². The molecule has 5 atom stereocenters. The van der Waals surface area contributed by atoms with Gasteiger partial charge in [0.15, 0.2) is 0 Å². The van der Waals surface area contributed by atoms with Gasteiger partial charge >= 0.3 is 5.97 Å². The van der Waals surface area contributed by atoms with Crippen molar-refractivity contribution in [2.45, 2.75) is 76.7 Å². The van der Waals surface area contributed by atoms with Gasteiger partial charge in [-0.1, -0.05) is 44.2 Å². The summed E-state index contributed by atoms with van der Waals surface area (Å²) in [4.78, 5) is 51.7. The van der Waals surface area contributed by atoms with Gasteiger partial charge in [0, 0.05) is 13.0 Å². The van der Waals surface area contributed by atoms with Crippen LogP contribution in [0, 0.1) is 5.92 Å². The first-order valence-electron chi connectivity index (χ1n) is 11.6. The van der Waals surface area contributed by atoms with Gasteiger partial charge in [0.05, 0.1) is 12.1 Å². The highest BCUT2D eigenvalue weighted by atomic mass is 16.4. The fourth-order valence-corrected chi connectivity index (χ4v) is 4.06. The highest BCUT2D eigenvalue weighted by Gasteiger charge is 2.40. The zero-order valence-corrected chi connectivity index (χ0v) is 19.9. The van der Waals surface area contributed by atoms with Crippen LogP contribution in [0.2, 0.25) is 0 Å². The van der Waals surface area contributed by atoms with E-state index < -0.39 is 54.0 Å². The molecule has 6 N–H and O–H groups in total. The largest absolute Gasteiger partial charge is 0.480 e. The number of nitrogens with one attached hydrogen (secondary N) is 2. The molecule has 1 aliphatic rings. The van der Waals surface area contributed by atoms with Crippen molar-refractivity contribution in [3.63, 3.8) is 0 Å². The Morgan fingerprint density at radius 1 is 1.12 bits per heavy atom. The molecule has 0 bridgehead atoms. The van der Waals surface area contributed by atoms with Crippen LogP contribution < -0.4 is 16.4 Å². The predicted molar refractivity (Wildman–Crippen MR) is 125 cm³/mol. The highest BCUT2D eigenvalue weighted by Crippen LogP contribution is 2.20. The molecule has 5 unspecified atom stereocenters. The number of benzene rings is 1. The van der Waals surface area contributed by atoms with Gasteiger partial charge in [-0.2, -0.15) is 0 Å². The Morgan fingerprint density at radius 2 is 1.76 bits per heavy atom. The summed E-state index contributed by atoms with van der Waals surface area (Å²) in [6.07, 6.45) is 0.190. The van der Waals surface area contributed by atoms with Crippen LogP contribution in [0.5, 0.6) is 0 Å². The Morgan fingerprint density at radius 3 is 2.32 bits per heavy atom. The van der Waals surface area contributed by atoms with Gasteiger partial charge in [0.2, 0.25) is 17.7 Å². The summed E-state index contributed by atoms with van der Waals surface area (Å²) in [6.45, 7) is 5.47. The van der Waals surface area contributed by atoms with Crippen molar-refractivity contribution < 1.29 is 29.4 Å². The maximum absolute atomic E-state index is 13.2. The minimum Gasteiger partial charge on any atom is -0.480 e. The van der Waals surface area contributed by atoms with Crippen LogP contribution in [0.4, 0.5) is 0 Å². The number of aliphatic carboxylic acids is 1. The smallest absolute Gasteiger partial charge is 0.326 e. The molecule has 34 heavy (non-hydrogen) atoms. The molecule has 1 fully saturated rings. The molecular weight excluding hydrogens is 440 g/mol. The molecule has 1 saturated heterocycles. The third-order valence-electron chi connectivity index (χ3n) is 5.84. The number of aliphatic hydroxyl groups is 1. The van der Waals surface area contributed by atoms with E-state index in [1.165, 1.54) is 11.8 Å². The van der Waals surface area contributed by atoms with Gasteiger partial charge in [-0.05, 0) is 37.7 Å². The fraction of sp³-hybridized carbons (Fsp3) is 0.583. The lowest BCUT2D eigenvalue weighted by Crippen LogP contribution is -2.59. The third-order valence-corrected chi connectivity index (χ3v) is 5.84. The number of carbonyl (C=O) groups excluding carboxylic acids is 3. The number of nitrogens with zero attached hydrogens (tertiary/aromatic N) is 1. The van der Waals surface area contributed by atoms with Gasteiger partial charge in [0.1, 0.15) is 18.1 Å². The number of hydrogen-bond donors (Lipinski definition) is 5. The van der Waals surface area contributed by atoms with Gasteiger partial charge in [-0.15, -0.1) is 0 Å². The van der Waals surface area contributed by atoms with Crippen LogP contribution in [-0.4, -0.2) is 75.6 Å². The van der Waals surface area contributed by atoms with Gasteiger partial charge < -0.3 is 31.5 Å². The second kappa shape index (κ2) is 12.5. The normalized spacial score (nSPS) is 19.2. The maximum atomic E-state index is 13.2. The lowest BCUT2D eigenvalue weighted by molar-refractivity contribution is -0.146. The summed E-state index contributed by atoms with van der Waals surface area (Å²) in [5.74, 6) is -2.75. The van der Waals surface area contributed by atoms with Gasteiger partial charge in [0.25, 0.3) is 0 Å². The Bertz CT molecular complexity index is 860. The molecule has 10 heteroatoms. The summed E-state index contributed by atoms with van der Waals surface area (Å²) in [6, 6.07) is 4.77. The lowest BCUT2D eigenvalue weighted by Gasteiger charge is -2.31. The molecule has 0 saturated carbocycles.